The van der Waals surface area contributed by atoms with Gasteiger partial charge in [0.15, 0.2) is 0 Å². The first-order valence-corrected chi connectivity index (χ1v) is 5.47. The third-order valence-corrected chi connectivity index (χ3v) is 3.35. The molecule has 0 saturated carbocycles. The summed E-state index contributed by atoms with van der Waals surface area (Å²) in [6, 6.07) is 3.74. The second-order valence-electron chi connectivity index (χ2n) is 4.21. The standard InChI is InChI=1S/C12H12N2O3/c1-16-12(15)10-4-8-2-3-9(11(10)17-8)7(5-13)6-14/h8,10-11H,2-4H2,1H3/t8-,10+,11+/m1/s1. The van der Waals surface area contributed by atoms with Crippen LogP contribution in [0.5, 0.6) is 0 Å². The molecule has 0 spiro atoms. The molecule has 2 rings (SSSR count). The summed E-state index contributed by atoms with van der Waals surface area (Å²) in [5.74, 6) is -0.702. The molecule has 2 aliphatic heterocycles. The van der Waals surface area contributed by atoms with Gasteiger partial charge in [-0.1, -0.05) is 0 Å². The number of hydrogen-bond donors (Lipinski definition) is 0. The summed E-state index contributed by atoms with van der Waals surface area (Å²) < 4.78 is 10.4. The first-order valence-electron chi connectivity index (χ1n) is 5.47. The molecular formula is C12H12N2O3. The zero-order valence-corrected chi connectivity index (χ0v) is 9.47. The van der Waals surface area contributed by atoms with Crippen molar-refractivity contribution in [2.24, 2.45) is 5.92 Å². The number of rotatable bonds is 1. The summed E-state index contributed by atoms with van der Waals surface area (Å²) in [4.78, 5) is 11.6. The largest absolute Gasteiger partial charge is 0.469 e. The van der Waals surface area contributed by atoms with E-state index in [1.54, 1.807) is 0 Å². The second kappa shape index (κ2) is 4.57. The van der Waals surface area contributed by atoms with Crippen LogP contribution in [0.15, 0.2) is 11.1 Å². The Hall–Kier alpha value is -1.85. The molecule has 3 atom stereocenters. The fourth-order valence-electron chi connectivity index (χ4n) is 2.54. The quantitative estimate of drug-likeness (QED) is 0.498. The van der Waals surface area contributed by atoms with E-state index < -0.39 is 6.10 Å². The maximum Gasteiger partial charge on any atom is 0.311 e. The van der Waals surface area contributed by atoms with E-state index in [4.69, 9.17) is 20.0 Å². The Morgan fingerprint density at radius 3 is 2.76 bits per heavy atom. The van der Waals surface area contributed by atoms with Crippen molar-refractivity contribution in [2.45, 2.75) is 31.5 Å². The van der Waals surface area contributed by atoms with Crippen molar-refractivity contribution in [1.82, 2.24) is 0 Å². The van der Waals surface area contributed by atoms with E-state index in [2.05, 4.69) is 0 Å². The average molecular weight is 232 g/mol. The average Bonchev–Trinajstić information content (AvgIpc) is 2.70. The van der Waals surface area contributed by atoms with Crippen molar-refractivity contribution in [3.8, 4) is 12.1 Å². The number of methoxy groups -OCH3 is 1. The predicted molar refractivity (Wildman–Crippen MR) is 56.3 cm³/mol. The molecule has 2 aliphatic rings. The number of hydrogen-bond acceptors (Lipinski definition) is 5. The molecule has 2 bridgehead atoms. The maximum absolute atomic E-state index is 11.6. The van der Waals surface area contributed by atoms with Gasteiger partial charge < -0.3 is 9.47 Å². The zero-order valence-electron chi connectivity index (χ0n) is 9.47. The molecule has 2 heterocycles. The molecule has 0 aliphatic carbocycles. The second-order valence-corrected chi connectivity index (χ2v) is 4.21. The molecule has 0 amide bonds. The van der Waals surface area contributed by atoms with Crippen molar-refractivity contribution >= 4 is 5.97 Å². The van der Waals surface area contributed by atoms with Crippen molar-refractivity contribution in [1.29, 1.82) is 10.5 Å². The van der Waals surface area contributed by atoms with E-state index in [0.29, 0.717) is 18.4 Å². The minimum absolute atomic E-state index is 0.0477. The highest BCUT2D eigenvalue weighted by Gasteiger charge is 2.46. The van der Waals surface area contributed by atoms with Crippen LogP contribution in [0.4, 0.5) is 0 Å². The van der Waals surface area contributed by atoms with E-state index in [1.165, 1.54) is 7.11 Å². The minimum Gasteiger partial charge on any atom is -0.469 e. The Bertz CT molecular complexity index is 439. The summed E-state index contributed by atoms with van der Waals surface area (Å²) in [7, 11) is 1.34. The summed E-state index contributed by atoms with van der Waals surface area (Å²) in [5.41, 5.74) is 0.725. The fraction of sp³-hybridized carbons (Fsp3) is 0.583. The number of nitriles is 2. The highest BCUT2D eigenvalue weighted by Crippen LogP contribution is 2.41. The van der Waals surface area contributed by atoms with Gasteiger partial charge in [0.1, 0.15) is 17.7 Å². The van der Waals surface area contributed by atoms with E-state index in [0.717, 1.165) is 6.42 Å². The Labute approximate surface area is 99.2 Å². The summed E-state index contributed by atoms with van der Waals surface area (Å²) in [6.07, 6.45) is 1.62. The third-order valence-electron chi connectivity index (χ3n) is 3.35. The monoisotopic (exact) mass is 232 g/mol. The van der Waals surface area contributed by atoms with E-state index >= 15 is 0 Å². The highest BCUT2D eigenvalue weighted by atomic mass is 16.5. The summed E-state index contributed by atoms with van der Waals surface area (Å²) in [6.45, 7) is 0. The third kappa shape index (κ3) is 1.90. The minimum atomic E-state index is -0.449. The van der Waals surface area contributed by atoms with Crippen LogP contribution in [0.1, 0.15) is 19.3 Å². The van der Waals surface area contributed by atoms with Crippen molar-refractivity contribution in [3.05, 3.63) is 11.1 Å². The lowest BCUT2D eigenvalue weighted by atomic mass is 9.92. The number of allylic oxidation sites excluding steroid dienone is 1. The van der Waals surface area contributed by atoms with Crippen molar-refractivity contribution in [3.63, 3.8) is 0 Å². The van der Waals surface area contributed by atoms with Crippen LogP contribution in [0, 0.1) is 28.6 Å². The van der Waals surface area contributed by atoms with E-state index in [-0.39, 0.29) is 23.6 Å². The van der Waals surface area contributed by atoms with Gasteiger partial charge in [-0.2, -0.15) is 10.5 Å². The van der Waals surface area contributed by atoms with Crippen LogP contribution < -0.4 is 0 Å². The number of fused-ring (bicyclic) bond motifs is 2. The number of esters is 1. The molecule has 0 N–H and O–H groups in total. The normalized spacial score (nSPS) is 30.3. The molecule has 88 valence electrons. The van der Waals surface area contributed by atoms with Crippen LogP contribution in [0.2, 0.25) is 0 Å². The molecule has 2 saturated heterocycles. The number of ether oxygens (including phenoxy) is 2. The molecule has 0 unspecified atom stereocenters. The van der Waals surface area contributed by atoms with Crippen molar-refractivity contribution in [2.75, 3.05) is 7.11 Å². The Balaban J connectivity index is 2.34. The Morgan fingerprint density at radius 2 is 2.18 bits per heavy atom. The van der Waals surface area contributed by atoms with Gasteiger partial charge in [-0.25, -0.2) is 0 Å². The lowest BCUT2D eigenvalue weighted by Crippen LogP contribution is -2.29. The molecule has 2 fully saturated rings. The number of nitrogens with zero attached hydrogens (tertiary/aromatic N) is 2. The van der Waals surface area contributed by atoms with Crippen LogP contribution in [-0.2, 0) is 14.3 Å². The lowest BCUT2D eigenvalue weighted by Gasteiger charge is -2.24. The van der Waals surface area contributed by atoms with Gasteiger partial charge in [-0.3, -0.25) is 4.79 Å². The topological polar surface area (TPSA) is 83.1 Å². The van der Waals surface area contributed by atoms with E-state index in [1.807, 2.05) is 12.1 Å². The molecule has 5 nitrogen and oxygen atoms in total. The smallest absolute Gasteiger partial charge is 0.311 e. The van der Waals surface area contributed by atoms with Crippen LogP contribution >= 0.6 is 0 Å². The molecule has 0 radical (unpaired) electrons. The van der Waals surface area contributed by atoms with Gasteiger partial charge in [-0.15, -0.1) is 0 Å². The fourth-order valence-corrected chi connectivity index (χ4v) is 2.54. The van der Waals surface area contributed by atoms with Gasteiger partial charge in [0, 0.05) is 0 Å². The first kappa shape index (κ1) is 11.6. The molecule has 0 aromatic carbocycles. The molecular weight excluding hydrogens is 220 g/mol. The first-order chi connectivity index (χ1) is 8.21. The van der Waals surface area contributed by atoms with Gasteiger partial charge in [0.2, 0.25) is 0 Å². The molecule has 0 aromatic rings. The van der Waals surface area contributed by atoms with Crippen LogP contribution in [-0.4, -0.2) is 25.3 Å². The summed E-state index contributed by atoms with van der Waals surface area (Å²) in [5, 5.41) is 17.8. The van der Waals surface area contributed by atoms with Gasteiger partial charge in [-0.05, 0) is 24.8 Å². The lowest BCUT2D eigenvalue weighted by molar-refractivity contribution is -0.146. The Morgan fingerprint density at radius 1 is 1.47 bits per heavy atom. The van der Waals surface area contributed by atoms with E-state index in [9.17, 15) is 4.79 Å². The van der Waals surface area contributed by atoms with Crippen molar-refractivity contribution < 1.29 is 14.3 Å². The molecule has 5 heteroatoms. The summed E-state index contributed by atoms with van der Waals surface area (Å²) >= 11 is 0. The van der Waals surface area contributed by atoms with Gasteiger partial charge >= 0.3 is 5.97 Å². The molecule has 0 aromatic heterocycles. The predicted octanol–water partition coefficient (Wildman–Crippen LogP) is 1.07. The zero-order chi connectivity index (χ0) is 12.4. The van der Waals surface area contributed by atoms with Gasteiger partial charge in [0.25, 0.3) is 0 Å². The number of carbonyl (C=O) groups is 1. The SMILES string of the molecule is COC(=O)[C@H]1C[C@H]2CCC(=C(C#N)C#N)[C@@H]1O2. The maximum atomic E-state index is 11.6. The Kier molecular flexibility index (Phi) is 3.12. The highest BCUT2D eigenvalue weighted by molar-refractivity contribution is 5.74. The molecule has 17 heavy (non-hydrogen) atoms. The van der Waals surface area contributed by atoms with Crippen LogP contribution in [0.25, 0.3) is 0 Å². The number of carbonyl (C=O) groups excluding carboxylic acids is 1. The van der Waals surface area contributed by atoms with Gasteiger partial charge in [0.05, 0.1) is 25.2 Å². The van der Waals surface area contributed by atoms with Crippen LogP contribution in [0.3, 0.4) is 0 Å².